The van der Waals surface area contributed by atoms with Crippen molar-refractivity contribution in [2.24, 2.45) is 0 Å². The van der Waals surface area contributed by atoms with Crippen LogP contribution in [0, 0.1) is 55.4 Å². The quantitative estimate of drug-likeness (QED) is 0.0307. The number of ether oxygens (including phenoxy) is 5. The molecule has 0 saturated heterocycles. The maximum absolute atomic E-state index is 11.6. The number of aromatic nitrogens is 6. The highest BCUT2D eigenvalue weighted by atomic mass is 16.6. The van der Waals surface area contributed by atoms with E-state index in [2.05, 4.69) is 134 Å². The molecule has 2 unspecified atom stereocenters. The Morgan fingerprint density at radius 1 is 0.347 bits per heavy atom. The summed E-state index contributed by atoms with van der Waals surface area (Å²) >= 11 is 0. The van der Waals surface area contributed by atoms with Gasteiger partial charge >= 0.3 is 5.82 Å². The van der Waals surface area contributed by atoms with Crippen LogP contribution in [0.25, 0.3) is 68.3 Å². The summed E-state index contributed by atoms with van der Waals surface area (Å²) in [5, 5.41) is 33.6. The summed E-state index contributed by atoms with van der Waals surface area (Å²) in [7, 11) is 0. The summed E-state index contributed by atoms with van der Waals surface area (Å²) in [6.45, 7) is 21.7. The molecule has 0 spiro atoms. The lowest BCUT2D eigenvalue weighted by Gasteiger charge is -2.19. The highest BCUT2D eigenvalue weighted by Crippen LogP contribution is 2.36. The van der Waals surface area contributed by atoms with Gasteiger partial charge in [-0.2, -0.15) is 0 Å². The molecule has 95 heavy (non-hydrogen) atoms. The first-order chi connectivity index (χ1) is 46.1. The van der Waals surface area contributed by atoms with E-state index in [1.54, 1.807) is 24.3 Å². The molecule has 508 valence electrons. The van der Waals surface area contributed by atoms with E-state index in [-0.39, 0.29) is 30.8 Å². The number of aromatic amines is 1. The molecule has 4 N–H and O–H groups in total. The van der Waals surface area contributed by atoms with Gasteiger partial charge in [0.1, 0.15) is 48.4 Å². The van der Waals surface area contributed by atoms with E-state index < -0.39 is 6.10 Å². The minimum absolute atomic E-state index is 0.00403. The Morgan fingerprint density at radius 3 is 1.13 bits per heavy atom. The number of H-pyrrole nitrogens is 1. The van der Waals surface area contributed by atoms with E-state index in [1.165, 1.54) is 96.3 Å². The van der Waals surface area contributed by atoms with Crippen molar-refractivity contribution in [1.82, 2.24) is 24.9 Å². The predicted molar refractivity (Wildman–Crippen MR) is 383 cm³/mol. The SMILES string of the molecule is CCCCCCCCCCCCCOCC(COc1ccc(-c2nc(-c3ccc(C)cc3C)nc(-c3ccc(C)cc3C)n2)c(O)c1)OCCCCCCCCCCCCOCC(O)COc1ccc(-c2nc(-c3ccc(C)cc3C)nc(-c3ccc(C)cc3C)[nH+]2)c(O)c1. The lowest BCUT2D eigenvalue weighted by molar-refractivity contribution is -0.359. The highest BCUT2D eigenvalue weighted by molar-refractivity contribution is 5.73. The van der Waals surface area contributed by atoms with Crippen LogP contribution in [0.2, 0.25) is 0 Å². The van der Waals surface area contributed by atoms with Crippen molar-refractivity contribution >= 4 is 0 Å². The number of aliphatic hydroxyl groups is 1. The Morgan fingerprint density at radius 2 is 0.695 bits per heavy atom. The number of phenolic OH excluding ortho intramolecular Hbond substituents is 2. The van der Waals surface area contributed by atoms with Gasteiger partial charge in [-0.3, -0.25) is 0 Å². The molecule has 0 amide bonds. The molecule has 14 nitrogen and oxygen atoms in total. The van der Waals surface area contributed by atoms with Gasteiger partial charge in [0.2, 0.25) is 0 Å². The molecule has 2 heterocycles. The number of rotatable bonds is 42. The summed E-state index contributed by atoms with van der Waals surface area (Å²) in [6, 6.07) is 35.4. The fourth-order valence-electron chi connectivity index (χ4n) is 12.2. The van der Waals surface area contributed by atoms with Gasteiger partial charge < -0.3 is 39.0 Å². The third-order valence-electron chi connectivity index (χ3n) is 17.7. The summed E-state index contributed by atoms with van der Waals surface area (Å²) < 4.78 is 30.8. The number of nitrogens with zero attached hydrogens (tertiary/aromatic N) is 5. The number of phenols is 2. The summed E-state index contributed by atoms with van der Waals surface area (Å²) in [6.07, 6.45) is 24.4. The molecule has 0 saturated carbocycles. The molecule has 14 heteroatoms. The molecule has 8 aromatic rings. The van der Waals surface area contributed by atoms with Crippen LogP contribution in [0.15, 0.2) is 109 Å². The van der Waals surface area contributed by atoms with Crippen LogP contribution in [-0.2, 0) is 14.2 Å². The molecule has 2 atom stereocenters. The molecule has 6 aromatic carbocycles. The summed E-state index contributed by atoms with van der Waals surface area (Å²) in [5.74, 6) is 4.17. The van der Waals surface area contributed by atoms with E-state index in [4.69, 9.17) is 48.6 Å². The van der Waals surface area contributed by atoms with Crippen molar-refractivity contribution in [3.8, 4) is 91.3 Å². The first-order valence-electron chi connectivity index (χ1n) is 35.4. The number of hydrogen-bond acceptors (Lipinski definition) is 13. The smallest absolute Gasteiger partial charge is 0.308 e. The van der Waals surface area contributed by atoms with Crippen molar-refractivity contribution in [1.29, 1.82) is 0 Å². The lowest BCUT2D eigenvalue weighted by atomic mass is 10.0. The second-order valence-corrected chi connectivity index (χ2v) is 26.3. The van der Waals surface area contributed by atoms with Crippen molar-refractivity contribution in [2.75, 3.05) is 46.2 Å². The standard InChI is InChI=1S/C81H106N6O8/c1-10-11-12-13-14-15-16-19-23-26-29-44-92-54-67(55-95-66-36-42-73(75(90)51-66)81-86-78(70-39-33-58(4)48-62(70)8)83-79(87-81)71-40-34-59(5)49-63(71)9)93-45-30-27-24-21-18-17-20-22-25-28-43-91-52-64(88)53-94-65-35-41-72(74(89)50-65)80-84-76(68-37-31-56(2)46-60(68)6)82-77(85-80)69-38-32-57(3)47-61(69)7/h31-42,46-51,64,67,88-90H,10-30,43-45,52-55H2,1-9H3/p+1. The molecule has 2 aromatic heterocycles. The van der Waals surface area contributed by atoms with E-state index >= 15 is 0 Å². The van der Waals surface area contributed by atoms with Gasteiger partial charge in [-0.05, 0) is 133 Å². The Hall–Kier alpha value is -7.62. The zero-order valence-electron chi connectivity index (χ0n) is 58.5. The number of nitrogens with one attached hydrogen (secondary N) is 1. The van der Waals surface area contributed by atoms with Gasteiger partial charge in [0.05, 0.1) is 35.5 Å². The van der Waals surface area contributed by atoms with Gasteiger partial charge in [-0.25, -0.2) is 19.9 Å². The van der Waals surface area contributed by atoms with Crippen LogP contribution < -0.4 is 14.5 Å². The first-order valence-corrected chi connectivity index (χ1v) is 35.4. The van der Waals surface area contributed by atoms with Gasteiger partial charge in [-0.15, -0.1) is 0 Å². The molecule has 0 aliphatic rings. The van der Waals surface area contributed by atoms with Crippen LogP contribution in [0.5, 0.6) is 23.0 Å². The van der Waals surface area contributed by atoms with Crippen molar-refractivity contribution in [3.63, 3.8) is 0 Å². The minimum atomic E-state index is -0.812. The first kappa shape index (κ1) is 73.2. The zero-order chi connectivity index (χ0) is 67.3. The van der Waals surface area contributed by atoms with E-state index in [0.717, 1.165) is 105 Å². The second kappa shape index (κ2) is 38.8. The molecule has 0 aliphatic carbocycles. The lowest BCUT2D eigenvalue weighted by Crippen LogP contribution is -2.28. The fraction of sp³-hybridized carbons (Fsp3) is 0.481. The Balaban J connectivity index is 0.724. The van der Waals surface area contributed by atoms with E-state index in [1.807, 2.05) is 18.2 Å². The Kier molecular flexibility index (Phi) is 29.9. The molecule has 8 rings (SSSR count). The normalized spacial score (nSPS) is 12.1. The van der Waals surface area contributed by atoms with Crippen LogP contribution in [0.1, 0.15) is 186 Å². The number of aliphatic hydroxyl groups excluding tert-OH is 1. The number of aromatic hydroxyl groups is 2. The van der Waals surface area contributed by atoms with Gasteiger partial charge in [0, 0.05) is 43.1 Å². The van der Waals surface area contributed by atoms with Gasteiger partial charge in [0.25, 0.3) is 11.6 Å². The average molecular weight is 1290 g/mol. The molecule has 0 bridgehead atoms. The number of aryl methyl sites for hydroxylation is 8. The van der Waals surface area contributed by atoms with Gasteiger partial charge in [-0.1, -0.05) is 215 Å². The third-order valence-corrected chi connectivity index (χ3v) is 17.7. The molecular weight excluding hydrogens is 1180 g/mol. The average Bonchev–Trinajstić information content (AvgIpc) is 0.811. The van der Waals surface area contributed by atoms with Crippen LogP contribution in [-0.4, -0.2) is 98.7 Å². The molecule has 0 aliphatic heterocycles. The van der Waals surface area contributed by atoms with Crippen LogP contribution in [0.4, 0.5) is 0 Å². The van der Waals surface area contributed by atoms with Crippen molar-refractivity contribution in [3.05, 3.63) is 154 Å². The van der Waals surface area contributed by atoms with Crippen LogP contribution in [0.3, 0.4) is 0 Å². The number of unbranched alkanes of at least 4 members (excludes halogenated alkanes) is 19. The predicted octanol–water partition coefficient (Wildman–Crippen LogP) is 18.8. The number of benzene rings is 6. The topological polar surface area (TPSA) is 185 Å². The highest BCUT2D eigenvalue weighted by Gasteiger charge is 2.25. The molecule has 0 fully saturated rings. The number of hydrogen-bond donors (Lipinski definition) is 3. The zero-order valence-corrected chi connectivity index (χ0v) is 58.5. The largest absolute Gasteiger partial charge is 0.507 e. The fourth-order valence-corrected chi connectivity index (χ4v) is 12.2. The molecule has 0 radical (unpaired) electrons. The van der Waals surface area contributed by atoms with Crippen LogP contribution >= 0.6 is 0 Å². The summed E-state index contributed by atoms with van der Waals surface area (Å²) in [5.41, 5.74) is 13.6. The van der Waals surface area contributed by atoms with Crippen molar-refractivity contribution in [2.45, 2.75) is 209 Å². The monoisotopic (exact) mass is 1290 g/mol. The van der Waals surface area contributed by atoms with Crippen molar-refractivity contribution < 1.29 is 44.0 Å². The van der Waals surface area contributed by atoms with Gasteiger partial charge in [0.15, 0.2) is 17.5 Å². The molecular formula is C81H107N6O8+. The van der Waals surface area contributed by atoms with E-state index in [0.29, 0.717) is 90.6 Å². The summed E-state index contributed by atoms with van der Waals surface area (Å²) in [4.78, 5) is 28.1. The van der Waals surface area contributed by atoms with E-state index in [9.17, 15) is 15.3 Å². The minimum Gasteiger partial charge on any atom is -0.507 e. The third kappa shape index (κ3) is 23.6. The Labute approximate surface area is 566 Å². The Bertz CT molecular complexity index is 3530. The second-order valence-electron chi connectivity index (χ2n) is 26.3. The maximum Gasteiger partial charge on any atom is 0.308 e. The maximum atomic E-state index is 11.6.